The first-order valence-corrected chi connectivity index (χ1v) is 9.52. The molecule has 5 nitrogen and oxygen atoms in total. The second-order valence-corrected chi connectivity index (χ2v) is 8.18. The van der Waals surface area contributed by atoms with Gasteiger partial charge in [-0.1, -0.05) is 36.1 Å². The zero-order chi connectivity index (χ0) is 18.0. The average molecular weight is 395 g/mol. The fourth-order valence-electron chi connectivity index (χ4n) is 1.97. The van der Waals surface area contributed by atoms with E-state index in [4.69, 9.17) is 16.4 Å². The van der Waals surface area contributed by atoms with Crippen LogP contribution in [-0.4, -0.2) is 18.6 Å². The van der Waals surface area contributed by atoms with Gasteiger partial charge in [0.15, 0.2) is 0 Å². The first kappa shape index (κ1) is 17.6. The molecular weight excluding hydrogens is 385 g/mol. The van der Waals surface area contributed by atoms with E-state index >= 15 is 0 Å². The fourth-order valence-corrected chi connectivity index (χ4v) is 3.94. The zero-order valence-corrected chi connectivity index (χ0v) is 14.9. The lowest BCUT2D eigenvalue weighted by Gasteiger charge is -2.07. The van der Waals surface area contributed by atoms with Gasteiger partial charge in [-0.05, 0) is 48.0 Å². The highest BCUT2D eigenvalue weighted by Crippen LogP contribution is 2.27. The molecule has 0 atom stereocenters. The van der Waals surface area contributed by atoms with E-state index in [1.165, 1.54) is 12.1 Å². The lowest BCUT2D eigenvalue weighted by molar-refractivity contribution is -0.115. The Kier molecular flexibility index (Phi) is 4.89. The lowest BCUT2D eigenvalue weighted by Crippen LogP contribution is -2.17. The van der Waals surface area contributed by atoms with Gasteiger partial charge in [-0.15, -0.1) is 0 Å². The molecule has 1 N–H and O–H groups in total. The van der Waals surface area contributed by atoms with Gasteiger partial charge in [0.2, 0.25) is 0 Å². The Labute approximate surface area is 153 Å². The van der Waals surface area contributed by atoms with Crippen LogP contribution in [0.15, 0.2) is 58.3 Å². The van der Waals surface area contributed by atoms with E-state index in [0.717, 1.165) is 36.0 Å². The summed E-state index contributed by atoms with van der Waals surface area (Å²) in [5.74, 6) is -0.704. The summed E-state index contributed by atoms with van der Waals surface area (Å²) in [6, 6.07) is 10.5. The van der Waals surface area contributed by atoms with Crippen LogP contribution in [0.5, 0.6) is 5.75 Å². The summed E-state index contributed by atoms with van der Waals surface area (Å²) in [5, 5.41) is 2.51. The van der Waals surface area contributed by atoms with Crippen LogP contribution in [0.1, 0.15) is 5.56 Å². The number of rotatable bonds is 4. The van der Waals surface area contributed by atoms with E-state index in [2.05, 4.69) is 5.32 Å². The van der Waals surface area contributed by atoms with Gasteiger partial charge in [0.05, 0.1) is 4.91 Å². The molecule has 128 valence electrons. The van der Waals surface area contributed by atoms with Crippen LogP contribution in [0, 0.1) is 5.82 Å². The minimum absolute atomic E-state index is 0.102. The maximum absolute atomic E-state index is 12.9. The largest absolute Gasteiger partial charge is 0.379 e. The van der Waals surface area contributed by atoms with Gasteiger partial charge in [0.1, 0.15) is 20.8 Å². The molecular formula is C16H10FNO4S3. The SMILES string of the molecule is O=C1NC(=S)S/C1=C/c1ccc(OS(=O)(=O)c2ccc(F)cc2)cc1. The summed E-state index contributed by atoms with van der Waals surface area (Å²) in [6.07, 6.45) is 1.64. The molecule has 0 spiro atoms. The highest BCUT2D eigenvalue weighted by atomic mass is 32.2. The van der Waals surface area contributed by atoms with Crippen LogP contribution >= 0.6 is 24.0 Å². The van der Waals surface area contributed by atoms with Gasteiger partial charge in [0.25, 0.3) is 5.91 Å². The van der Waals surface area contributed by atoms with E-state index in [-0.39, 0.29) is 16.6 Å². The molecule has 0 radical (unpaired) electrons. The highest BCUT2D eigenvalue weighted by Gasteiger charge is 2.22. The molecule has 0 unspecified atom stereocenters. The predicted octanol–water partition coefficient (Wildman–Crippen LogP) is 3.08. The van der Waals surface area contributed by atoms with Crippen molar-refractivity contribution in [2.75, 3.05) is 0 Å². The number of thioether (sulfide) groups is 1. The maximum atomic E-state index is 12.9. The molecule has 1 amide bonds. The molecule has 0 saturated carbocycles. The molecule has 9 heteroatoms. The number of nitrogens with one attached hydrogen (secondary N) is 1. The zero-order valence-electron chi connectivity index (χ0n) is 12.4. The number of hydrogen-bond donors (Lipinski definition) is 1. The van der Waals surface area contributed by atoms with Crippen molar-refractivity contribution in [3.63, 3.8) is 0 Å². The first-order chi connectivity index (χ1) is 11.8. The highest BCUT2D eigenvalue weighted by molar-refractivity contribution is 8.26. The van der Waals surface area contributed by atoms with Gasteiger partial charge in [-0.25, -0.2) is 4.39 Å². The summed E-state index contributed by atoms with van der Waals surface area (Å²) in [6.45, 7) is 0. The first-order valence-electron chi connectivity index (χ1n) is 6.88. The second-order valence-electron chi connectivity index (χ2n) is 4.91. The molecule has 1 fully saturated rings. The van der Waals surface area contributed by atoms with E-state index in [1.54, 1.807) is 18.2 Å². The third kappa shape index (κ3) is 4.25. The minimum atomic E-state index is -4.05. The van der Waals surface area contributed by atoms with Crippen LogP contribution in [0.3, 0.4) is 0 Å². The second kappa shape index (κ2) is 6.95. The van der Waals surface area contributed by atoms with E-state index in [1.807, 2.05) is 0 Å². The van der Waals surface area contributed by atoms with Crippen LogP contribution in [0.4, 0.5) is 4.39 Å². The molecule has 1 aliphatic rings. The Morgan fingerprint density at radius 3 is 2.28 bits per heavy atom. The van der Waals surface area contributed by atoms with Crippen LogP contribution in [0.25, 0.3) is 6.08 Å². The Morgan fingerprint density at radius 1 is 1.08 bits per heavy atom. The van der Waals surface area contributed by atoms with Crippen molar-refractivity contribution < 1.29 is 21.8 Å². The topological polar surface area (TPSA) is 72.5 Å². The van der Waals surface area contributed by atoms with E-state index < -0.39 is 15.9 Å². The van der Waals surface area contributed by atoms with Gasteiger partial charge >= 0.3 is 10.1 Å². The normalized spacial score (nSPS) is 16.1. The number of thiocarbonyl (C=S) groups is 1. The van der Waals surface area contributed by atoms with Crippen molar-refractivity contribution in [2.24, 2.45) is 0 Å². The van der Waals surface area contributed by atoms with E-state index in [9.17, 15) is 17.6 Å². The fraction of sp³-hybridized carbons (Fsp3) is 0. The van der Waals surface area contributed by atoms with Crippen molar-refractivity contribution in [3.8, 4) is 5.75 Å². The number of hydrogen-bond acceptors (Lipinski definition) is 6. The summed E-state index contributed by atoms with van der Waals surface area (Å²) >= 11 is 6.06. The van der Waals surface area contributed by atoms with Gasteiger partial charge in [-0.2, -0.15) is 8.42 Å². The van der Waals surface area contributed by atoms with Crippen molar-refractivity contribution >= 4 is 50.4 Å². The Balaban J connectivity index is 1.77. The van der Waals surface area contributed by atoms with Gasteiger partial charge in [0, 0.05) is 0 Å². The summed E-state index contributed by atoms with van der Waals surface area (Å²) in [4.78, 5) is 11.9. The lowest BCUT2D eigenvalue weighted by atomic mass is 10.2. The maximum Gasteiger partial charge on any atom is 0.339 e. The van der Waals surface area contributed by atoms with Gasteiger partial charge in [-0.3, -0.25) is 4.79 Å². The predicted molar refractivity (Wildman–Crippen MR) is 97.0 cm³/mol. The number of amides is 1. The standard InChI is InChI=1S/C16H10FNO4S3/c17-11-3-7-13(8-4-11)25(20,21)22-12-5-1-10(2-6-12)9-14-15(19)18-16(23)24-14/h1-9H,(H,18,19,23)/b14-9+. The summed E-state index contributed by atoms with van der Waals surface area (Å²) in [7, 11) is -4.05. The smallest absolute Gasteiger partial charge is 0.339 e. The Hall–Kier alpha value is -2.23. The molecule has 25 heavy (non-hydrogen) atoms. The molecule has 2 aromatic carbocycles. The van der Waals surface area contributed by atoms with Crippen LogP contribution in [0.2, 0.25) is 0 Å². The third-order valence-corrected chi connectivity index (χ3v) is 5.55. The number of benzene rings is 2. The molecule has 1 aliphatic heterocycles. The quantitative estimate of drug-likeness (QED) is 0.487. The van der Waals surface area contributed by atoms with Gasteiger partial charge < -0.3 is 9.50 Å². The van der Waals surface area contributed by atoms with Crippen LogP contribution in [-0.2, 0) is 14.9 Å². The molecule has 2 aromatic rings. The molecule has 0 bridgehead atoms. The number of carbonyl (C=O) groups excluding carboxylic acids is 1. The van der Waals surface area contributed by atoms with E-state index in [0.29, 0.717) is 14.8 Å². The molecule has 1 heterocycles. The Bertz CT molecular complexity index is 967. The van der Waals surface area contributed by atoms with Crippen molar-refractivity contribution in [3.05, 3.63) is 64.8 Å². The summed E-state index contributed by atoms with van der Waals surface area (Å²) < 4.78 is 42.5. The Morgan fingerprint density at radius 2 is 1.72 bits per heavy atom. The van der Waals surface area contributed by atoms with Crippen LogP contribution < -0.4 is 9.50 Å². The summed E-state index contributed by atoms with van der Waals surface area (Å²) in [5.41, 5.74) is 0.689. The average Bonchev–Trinajstić information content (AvgIpc) is 2.87. The molecule has 1 saturated heterocycles. The monoisotopic (exact) mass is 395 g/mol. The number of carbonyl (C=O) groups is 1. The van der Waals surface area contributed by atoms with Crippen molar-refractivity contribution in [1.82, 2.24) is 5.32 Å². The minimum Gasteiger partial charge on any atom is -0.379 e. The molecule has 0 aliphatic carbocycles. The molecule has 0 aromatic heterocycles. The molecule has 3 rings (SSSR count). The number of halogens is 1. The van der Waals surface area contributed by atoms with Crippen molar-refractivity contribution in [2.45, 2.75) is 4.90 Å². The third-order valence-electron chi connectivity index (χ3n) is 3.13. The van der Waals surface area contributed by atoms with Crippen molar-refractivity contribution in [1.29, 1.82) is 0 Å².